The summed E-state index contributed by atoms with van der Waals surface area (Å²) in [7, 11) is 0. The number of benzene rings is 7. The van der Waals surface area contributed by atoms with E-state index in [1.807, 2.05) is 36.4 Å². The zero-order valence-electron chi connectivity index (χ0n) is 35.5. The molecule has 2 aliphatic rings. The molecule has 4 heteroatoms. The molecule has 62 heavy (non-hydrogen) atoms. The first kappa shape index (κ1) is 39.2. The molecule has 4 nitrogen and oxygen atoms in total. The fourth-order valence-electron chi connectivity index (χ4n) is 10.8. The molecule has 2 fully saturated rings. The van der Waals surface area contributed by atoms with Gasteiger partial charge in [0.1, 0.15) is 0 Å². The van der Waals surface area contributed by atoms with E-state index in [9.17, 15) is 5.26 Å². The average Bonchev–Trinajstić information content (AvgIpc) is 3.34. The van der Waals surface area contributed by atoms with Crippen molar-refractivity contribution >= 4 is 0 Å². The van der Waals surface area contributed by atoms with Crippen LogP contribution in [0.1, 0.15) is 63.5 Å². The summed E-state index contributed by atoms with van der Waals surface area (Å²) in [6, 6.07) is 64.0. The van der Waals surface area contributed by atoms with Gasteiger partial charge in [0.2, 0.25) is 0 Å². The lowest BCUT2D eigenvalue weighted by atomic mass is 9.54. The van der Waals surface area contributed by atoms with Crippen molar-refractivity contribution in [3.05, 3.63) is 187 Å². The van der Waals surface area contributed by atoms with E-state index in [0.29, 0.717) is 23.0 Å². The number of nitrogens with zero attached hydrogens (tertiary/aromatic N) is 4. The van der Waals surface area contributed by atoms with Crippen LogP contribution in [0.5, 0.6) is 0 Å². The van der Waals surface area contributed by atoms with Crippen LogP contribution in [0.25, 0.3) is 78.7 Å². The highest BCUT2D eigenvalue weighted by Gasteiger charge is 2.45. The van der Waals surface area contributed by atoms with Gasteiger partial charge in [0.25, 0.3) is 0 Å². The number of nitriles is 1. The number of fused-ring (bicyclic) bond motifs is 2. The van der Waals surface area contributed by atoms with Gasteiger partial charge in [0.15, 0.2) is 17.5 Å². The first-order chi connectivity index (χ1) is 30.4. The van der Waals surface area contributed by atoms with Crippen LogP contribution in [0.4, 0.5) is 0 Å². The van der Waals surface area contributed by atoms with Crippen molar-refractivity contribution in [2.45, 2.75) is 57.8 Å². The fourth-order valence-corrected chi connectivity index (χ4v) is 10.8. The Morgan fingerprint density at radius 3 is 1.68 bits per heavy atom. The third-order valence-corrected chi connectivity index (χ3v) is 13.5. The number of hydrogen-bond acceptors (Lipinski definition) is 4. The van der Waals surface area contributed by atoms with Crippen molar-refractivity contribution in [3.63, 3.8) is 0 Å². The summed E-state index contributed by atoms with van der Waals surface area (Å²) < 4.78 is 0. The molecule has 0 spiro atoms. The standard InChI is InChI=1S/C58H50N4/c1-3-40-29-41-28-39(2)35-58(36-40,37-41)52-25-22-46(23-26-52)53-27-24-49(34-54(53)45-18-11-6-12-19-45)56-60-55(48-21-13-20-47(32-48)43-14-7-4-8-15-43)61-57(62-56)51-31-42(38-59)30-50(33-51)44-16-9-5-10-17-44/h4-27,30-34,39-41H,3,28-29,35-37H2,1-2H3/t39-,40+,41-,58?/m0/s1. The summed E-state index contributed by atoms with van der Waals surface area (Å²) in [5.41, 5.74) is 13.7. The lowest BCUT2D eigenvalue weighted by Crippen LogP contribution is -2.42. The third-order valence-electron chi connectivity index (χ3n) is 13.5. The van der Waals surface area contributed by atoms with E-state index in [0.717, 1.165) is 67.8 Å². The molecule has 7 aromatic carbocycles. The molecular weight excluding hydrogens is 753 g/mol. The molecular formula is C58H50N4. The average molecular weight is 803 g/mol. The highest BCUT2D eigenvalue weighted by molar-refractivity contribution is 5.87. The van der Waals surface area contributed by atoms with E-state index in [-0.39, 0.29) is 5.41 Å². The molecule has 1 heterocycles. The van der Waals surface area contributed by atoms with Crippen molar-refractivity contribution in [1.82, 2.24) is 15.0 Å². The Hall–Kier alpha value is -6.96. The van der Waals surface area contributed by atoms with Crippen molar-refractivity contribution in [2.75, 3.05) is 0 Å². The predicted octanol–water partition coefficient (Wildman–Crippen LogP) is 14.9. The molecule has 0 N–H and O–H groups in total. The molecule has 4 atom stereocenters. The molecule has 0 radical (unpaired) electrons. The molecule has 2 aliphatic carbocycles. The van der Waals surface area contributed by atoms with Gasteiger partial charge in [-0.15, -0.1) is 0 Å². The lowest BCUT2D eigenvalue weighted by Gasteiger charge is -2.51. The Labute approximate surface area is 366 Å². The Morgan fingerprint density at radius 1 is 0.484 bits per heavy atom. The van der Waals surface area contributed by atoms with Crippen LogP contribution >= 0.6 is 0 Å². The second-order valence-electron chi connectivity index (χ2n) is 17.8. The normalized spacial score (nSPS) is 19.4. The van der Waals surface area contributed by atoms with Gasteiger partial charge in [-0.3, -0.25) is 0 Å². The van der Waals surface area contributed by atoms with E-state index in [4.69, 9.17) is 15.0 Å². The predicted molar refractivity (Wildman–Crippen MR) is 254 cm³/mol. The molecule has 8 aromatic rings. The van der Waals surface area contributed by atoms with Crippen LogP contribution in [0.2, 0.25) is 0 Å². The zero-order valence-corrected chi connectivity index (χ0v) is 35.5. The van der Waals surface area contributed by atoms with Gasteiger partial charge >= 0.3 is 0 Å². The van der Waals surface area contributed by atoms with E-state index in [1.54, 1.807) is 0 Å². The van der Waals surface area contributed by atoms with Gasteiger partial charge < -0.3 is 0 Å². The van der Waals surface area contributed by atoms with E-state index in [2.05, 4.69) is 159 Å². The molecule has 0 saturated heterocycles. The van der Waals surface area contributed by atoms with Crippen LogP contribution in [0, 0.1) is 29.1 Å². The van der Waals surface area contributed by atoms with Crippen molar-refractivity contribution in [1.29, 1.82) is 5.26 Å². The molecule has 1 aromatic heterocycles. The van der Waals surface area contributed by atoms with Crippen LogP contribution in [-0.4, -0.2) is 15.0 Å². The quantitative estimate of drug-likeness (QED) is 0.146. The summed E-state index contributed by atoms with van der Waals surface area (Å²) in [6.07, 6.45) is 8.01. The Balaban J connectivity index is 1.10. The summed E-state index contributed by atoms with van der Waals surface area (Å²) in [6.45, 7) is 4.86. The van der Waals surface area contributed by atoms with Crippen molar-refractivity contribution in [3.8, 4) is 84.7 Å². The zero-order chi connectivity index (χ0) is 42.0. The lowest BCUT2D eigenvalue weighted by molar-refractivity contribution is 0.0702. The third kappa shape index (κ3) is 7.88. The van der Waals surface area contributed by atoms with Crippen molar-refractivity contribution < 1.29 is 0 Å². The van der Waals surface area contributed by atoms with Crippen LogP contribution in [0.15, 0.2) is 176 Å². The van der Waals surface area contributed by atoms with E-state index >= 15 is 0 Å². The summed E-state index contributed by atoms with van der Waals surface area (Å²) in [4.78, 5) is 15.6. The molecule has 302 valence electrons. The molecule has 2 bridgehead atoms. The number of aromatic nitrogens is 3. The topological polar surface area (TPSA) is 62.5 Å². The van der Waals surface area contributed by atoms with Crippen molar-refractivity contribution in [2.24, 2.45) is 17.8 Å². The smallest absolute Gasteiger partial charge is 0.164 e. The molecule has 1 unspecified atom stereocenters. The van der Waals surface area contributed by atoms with Gasteiger partial charge in [-0.05, 0) is 136 Å². The first-order valence-electron chi connectivity index (χ1n) is 22.3. The van der Waals surface area contributed by atoms with E-state index in [1.165, 1.54) is 55.2 Å². The van der Waals surface area contributed by atoms with Crippen LogP contribution in [0.3, 0.4) is 0 Å². The Morgan fingerprint density at radius 2 is 1.02 bits per heavy atom. The maximum absolute atomic E-state index is 10.2. The SMILES string of the molecule is CC[C@@H]1C[C@@H]2C[C@H](C)CC(c3ccc(-c4ccc(-c5nc(-c6cccc(-c7ccccc7)c6)nc(-c6cc(C#N)cc(-c7ccccc7)c6)n5)cc4-c4ccccc4)cc3)(C1)C2. The van der Waals surface area contributed by atoms with E-state index < -0.39 is 0 Å². The number of hydrogen-bond donors (Lipinski definition) is 0. The maximum atomic E-state index is 10.2. The highest BCUT2D eigenvalue weighted by atomic mass is 15.0. The highest BCUT2D eigenvalue weighted by Crippen LogP contribution is 2.55. The molecule has 0 aliphatic heterocycles. The fraction of sp³-hybridized carbons (Fsp3) is 0.207. The Kier molecular flexibility index (Phi) is 10.6. The Bertz CT molecular complexity index is 2890. The minimum atomic E-state index is 0.287. The molecule has 10 rings (SSSR count). The molecule has 2 saturated carbocycles. The van der Waals surface area contributed by atoms with Crippen LogP contribution < -0.4 is 0 Å². The first-order valence-corrected chi connectivity index (χ1v) is 22.3. The van der Waals surface area contributed by atoms with Gasteiger partial charge in [-0.1, -0.05) is 166 Å². The largest absolute Gasteiger partial charge is 0.208 e. The van der Waals surface area contributed by atoms with Gasteiger partial charge in [-0.2, -0.15) is 5.26 Å². The van der Waals surface area contributed by atoms with Gasteiger partial charge in [-0.25, -0.2) is 15.0 Å². The minimum Gasteiger partial charge on any atom is -0.208 e. The second kappa shape index (κ2) is 16.8. The molecule has 0 amide bonds. The maximum Gasteiger partial charge on any atom is 0.164 e. The summed E-state index contributed by atoms with van der Waals surface area (Å²) in [5.74, 6) is 4.09. The van der Waals surface area contributed by atoms with Gasteiger partial charge in [0.05, 0.1) is 11.6 Å². The summed E-state index contributed by atoms with van der Waals surface area (Å²) in [5, 5.41) is 10.2. The minimum absolute atomic E-state index is 0.287. The summed E-state index contributed by atoms with van der Waals surface area (Å²) >= 11 is 0. The second-order valence-corrected chi connectivity index (χ2v) is 17.8. The van der Waals surface area contributed by atoms with Gasteiger partial charge in [0, 0.05) is 16.7 Å². The van der Waals surface area contributed by atoms with Crippen LogP contribution in [-0.2, 0) is 5.41 Å². The number of rotatable bonds is 9. The monoisotopic (exact) mass is 802 g/mol.